The molecule has 0 spiro atoms. The molecule has 2 rings (SSSR count). The Hall–Kier alpha value is -2.56. The van der Waals surface area contributed by atoms with E-state index >= 15 is 0 Å². The molecule has 0 aliphatic carbocycles. The van der Waals surface area contributed by atoms with Crippen molar-refractivity contribution in [2.45, 2.75) is 26.7 Å². The molecule has 4 nitrogen and oxygen atoms in total. The standard InChI is InChI=1S/C19H22FNO3/c1-3-23-17-7-4-5-8-18(17)24-12-6-9-19(22)21-16-11-10-14(2)13-15(16)20/h4-5,7-8,10-11,13H,3,6,9,12H2,1-2H3,(H,21,22). The molecule has 0 radical (unpaired) electrons. The lowest BCUT2D eigenvalue weighted by Gasteiger charge is -2.11. The number of hydrogen-bond donors (Lipinski definition) is 1. The Bertz CT molecular complexity index is 688. The van der Waals surface area contributed by atoms with E-state index in [0.717, 1.165) is 5.56 Å². The third-order valence-corrected chi connectivity index (χ3v) is 3.35. The first-order valence-corrected chi connectivity index (χ1v) is 8.00. The smallest absolute Gasteiger partial charge is 0.224 e. The average molecular weight is 331 g/mol. The minimum atomic E-state index is -0.426. The van der Waals surface area contributed by atoms with Gasteiger partial charge in [0.15, 0.2) is 11.5 Å². The molecular weight excluding hydrogens is 309 g/mol. The molecule has 1 amide bonds. The summed E-state index contributed by atoms with van der Waals surface area (Å²) in [6.07, 6.45) is 0.782. The molecule has 1 N–H and O–H groups in total. The lowest BCUT2D eigenvalue weighted by molar-refractivity contribution is -0.116. The second kappa shape index (κ2) is 8.91. The molecule has 0 aliphatic rings. The molecular formula is C19H22FNO3. The highest BCUT2D eigenvalue weighted by Crippen LogP contribution is 2.26. The predicted molar refractivity (Wildman–Crippen MR) is 92.1 cm³/mol. The molecule has 0 aromatic heterocycles. The van der Waals surface area contributed by atoms with Crippen LogP contribution in [0.25, 0.3) is 0 Å². The number of carbonyl (C=O) groups is 1. The number of benzene rings is 2. The molecule has 0 heterocycles. The fraction of sp³-hybridized carbons (Fsp3) is 0.316. The first kappa shape index (κ1) is 17.8. The van der Waals surface area contributed by atoms with Crippen LogP contribution in [0.5, 0.6) is 11.5 Å². The molecule has 0 aliphatic heterocycles. The van der Waals surface area contributed by atoms with Gasteiger partial charge in [0.25, 0.3) is 0 Å². The molecule has 24 heavy (non-hydrogen) atoms. The lowest BCUT2D eigenvalue weighted by Crippen LogP contribution is -2.14. The van der Waals surface area contributed by atoms with Crippen LogP contribution in [-0.2, 0) is 4.79 Å². The van der Waals surface area contributed by atoms with E-state index in [9.17, 15) is 9.18 Å². The first-order chi connectivity index (χ1) is 11.6. The maximum absolute atomic E-state index is 13.7. The third-order valence-electron chi connectivity index (χ3n) is 3.35. The van der Waals surface area contributed by atoms with Gasteiger partial charge in [-0.3, -0.25) is 4.79 Å². The number of rotatable bonds is 8. The van der Waals surface area contributed by atoms with Crippen LogP contribution in [0.3, 0.4) is 0 Å². The van der Waals surface area contributed by atoms with Crippen LogP contribution >= 0.6 is 0 Å². The van der Waals surface area contributed by atoms with E-state index in [2.05, 4.69) is 5.32 Å². The summed E-state index contributed by atoms with van der Waals surface area (Å²) in [5.74, 6) is 0.681. The van der Waals surface area contributed by atoms with E-state index in [1.807, 2.05) is 31.2 Å². The second-order valence-electron chi connectivity index (χ2n) is 5.36. The summed E-state index contributed by atoms with van der Waals surface area (Å²) in [6, 6.07) is 12.1. The van der Waals surface area contributed by atoms with Crippen LogP contribution in [0.15, 0.2) is 42.5 Å². The van der Waals surface area contributed by atoms with E-state index in [0.29, 0.717) is 31.1 Å². The number of para-hydroxylation sites is 2. The SMILES string of the molecule is CCOc1ccccc1OCCCC(=O)Nc1ccc(C)cc1F. The van der Waals surface area contributed by atoms with Crippen molar-refractivity contribution in [2.75, 3.05) is 18.5 Å². The molecule has 0 unspecified atom stereocenters. The van der Waals surface area contributed by atoms with Crippen LogP contribution in [0.2, 0.25) is 0 Å². The summed E-state index contributed by atoms with van der Waals surface area (Å²) in [6.45, 7) is 4.65. The number of hydrogen-bond acceptors (Lipinski definition) is 3. The van der Waals surface area contributed by atoms with Crippen LogP contribution < -0.4 is 14.8 Å². The van der Waals surface area contributed by atoms with E-state index in [4.69, 9.17) is 9.47 Å². The Morgan fingerprint density at radius 2 is 1.83 bits per heavy atom. The van der Waals surface area contributed by atoms with Crippen molar-refractivity contribution in [1.29, 1.82) is 0 Å². The summed E-state index contributed by atoms with van der Waals surface area (Å²) < 4.78 is 24.8. The van der Waals surface area contributed by atoms with Crippen LogP contribution in [0.1, 0.15) is 25.3 Å². The lowest BCUT2D eigenvalue weighted by atomic mass is 10.2. The number of nitrogens with one attached hydrogen (secondary N) is 1. The number of amides is 1. The maximum Gasteiger partial charge on any atom is 0.224 e. The van der Waals surface area contributed by atoms with Crippen molar-refractivity contribution in [3.05, 3.63) is 53.8 Å². The van der Waals surface area contributed by atoms with Crippen molar-refractivity contribution in [3.8, 4) is 11.5 Å². The summed E-state index contributed by atoms with van der Waals surface area (Å²) in [5.41, 5.74) is 1.01. The quantitative estimate of drug-likeness (QED) is 0.732. The second-order valence-corrected chi connectivity index (χ2v) is 5.36. The van der Waals surface area contributed by atoms with E-state index < -0.39 is 5.82 Å². The summed E-state index contributed by atoms with van der Waals surface area (Å²) in [4.78, 5) is 11.9. The molecule has 0 atom stereocenters. The van der Waals surface area contributed by atoms with E-state index in [1.54, 1.807) is 19.1 Å². The Balaban J connectivity index is 1.77. The number of aryl methyl sites for hydroxylation is 1. The zero-order valence-corrected chi connectivity index (χ0v) is 14.0. The van der Waals surface area contributed by atoms with Crippen LogP contribution in [0.4, 0.5) is 10.1 Å². The molecule has 2 aromatic carbocycles. The number of halogens is 1. The largest absolute Gasteiger partial charge is 0.490 e. The van der Waals surface area contributed by atoms with Crippen molar-refractivity contribution in [3.63, 3.8) is 0 Å². The highest BCUT2D eigenvalue weighted by atomic mass is 19.1. The van der Waals surface area contributed by atoms with Crippen molar-refractivity contribution in [2.24, 2.45) is 0 Å². The van der Waals surface area contributed by atoms with Gasteiger partial charge >= 0.3 is 0 Å². The monoisotopic (exact) mass is 331 g/mol. The normalized spacial score (nSPS) is 10.3. The fourth-order valence-corrected chi connectivity index (χ4v) is 2.19. The Kier molecular flexibility index (Phi) is 6.61. The summed E-state index contributed by atoms with van der Waals surface area (Å²) in [5, 5.41) is 2.57. The van der Waals surface area contributed by atoms with Crippen molar-refractivity contribution >= 4 is 11.6 Å². The minimum Gasteiger partial charge on any atom is -0.490 e. The van der Waals surface area contributed by atoms with Gasteiger partial charge in [0.2, 0.25) is 5.91 Å². The van der Waals surface area contributed by atoms with Crippen molar-refractivity contribution < 1.29 is 18.7 Å². The van der Waals surface area contributed by atoms with Gasteiger partial charge in [-0.1, -0.05) is 18.2 Å². The van der Waals surface area contributed by atoms with Gasteiger partial charge < -0.3 is 14.8 Å². The molecule has 0 saturated heterocycles. The van der Waals surface area contributed by atoms with Gasteiger partial charge in [-0.25, -0.2) is 4.39 Å². The highest BCUT2D eigenvalue weighted by molar-refractivity contribution is 5.90. The number of carbonyl (C=O) groups excluding carboxylic acids is 1. The minimum absolute atomic E-state index is 0.202. The fourth-order valence-electron chi connectivity index (χ4n) is 2.19. The van der Waals surface area contributed by atoms with Gasteiger partial charge in [-0.2, -0.15) is 0 Å². The number of anilines is 1. The number of ether oxygens (including phenoxy) is 2. The van der Waals surface area contributed by atoms with Crippen LogP contribution in [0, 0.1) is 12.7 Å². The first-order valence-electron chi connectivity index (χ1n) is 8.00. The Morgan fingerprint density at radius 3 is 2.50 bits per heavy atom. The molecule has 2 aromatic rings. The van der Waals surface area contributed by atoms with Gasteiger partial charge in [0, 0.05) is 6.42 Å². The van der Waals surface area contributed by atoms with E-state index in [-0.39, 0.29) is 18.0 Å². The zero-order valence-electron chi connectivity index (χ0n) is 14.0. The van der Waals surface area contributed by atoms with Gasteiger partial charge in [0.05, 0.1) is 18.9 Å². The zero-order chi connectivity index (χ0) is 17.4. The Morgan fingerprint density at radius 1 is 1.12 bits per heavy atom. The predicted octanol–water partition coefficient (Wildman–Crippen LogP) is 4.33. The summed E-state index contributed by atoms with van der Waals surface area (Å²) in [7, 11) is 0. The molecule has 5 heteroatoms. The van der Waals surface area contributed by atoms with Gasteiger partial charge in [-0.15, -0.1) is 0 Å². The highest BCUT2D eigenvalue weighted by Gasteiger charge is 2.08. The topological polar surface area (TPSA) is 47.6 Å². The third kappa shape index (κ3) is 5.26. The van der Waals surface area contributed by atoms with Crippen LogP contribution in [-0.4, -0.2) is 19.1 Å². The average Bonchev–Trinajstić information content (AvgIpc) is 2.56. The molecule has 128 valence electrons. The van der Waals surface area contributed by atoms with Gasteiger partial charge in [-0.05, 0) is 50.1 Å². The maximum atomic E-state index is 13.7. The molecule has 0 fully saturated rings. The Labute approximate surface area is 141 Å². The van der Waals surface area contributed by atoms with Crippen molar-refractivity contribution in [1.82, 2.24) is 0 Å². The van der Waals surface area contributed by atoms with E-state index in [1.165, 1.54) is 6.07 Å². The van der Waals surface area contributed by atoms with Gasteiger partial charge in [0.1, 0.15) is 5.82 Å². The molecule has 0 saturated carbocycles. The molecule has 0 bridgehead atoms. The summed E-state index contributed by atoms with van der Waals surface area (Å²) >= 11 is 0.